The zero-order valence-corrected chi connectivity index (χ0v) is 14.5. The molecule has 22 heavy (non-hydrogen) atoms. The van der Waals surface area contributed by atoms with Crippen LogP contribution in [0.25, 0.3) is 0 Å². The molecule has 1 amide bonds. The van der Waals surface area contributed by atoms with E-state index >= 15 is 0 Å². The van der Waals surface area contributed by atoms with Gasteiger partial charge >= 0.3 is 0 Å². The van der Waals surface area contributed by atoms with Crippen molar-refractivity contribution in [3.63, 3.8) is 0 Å². The lowest BCUT2D eigenvalue weighted by atomic mass is 10.2. The number of thiophene rings is 1. The second kappa shape index (κ2) is 7.74. The Bertz CT molecular complexity index is 624. The van der Waals surface area contributed by atoms with Gasteiger partial charge in [-0.15, -0.1) is 11.3 Å². The van der Waals surface area contributed by atoms with Gasteiger partial charge in [0.15, 0.2) is 5.82 Å². The average molecular weight is 342 g/mol. The molecule has 2 rings (SSSR count). The van der Waals surface area contributed by atoms with Gasteiger partial charge in [0.1, 0.15) is 0 Å². The number of nitrogens with zero attached hydrogens (tertiary/aromatic N) is 2. The van der Waals surface area contributed by atoms with Gasteiger partial charge in [0, 0.05) is 23.6 Å². The predicted octanol–water partition coefficient (Wildman–Crippen LogP) is 4.11. The molecule has 0 aromatic carbocycles. The highest BCUT2D eigenvalue weighted by molar-refractivity contribution is 7.16. The molecule has 0 saturated heterocycles. The first kappa shape index (κ1) is 17.0. The second-order valence-corrected chi connectivity index (χ2v) is 7.23. The maximum Gasteiger partial charge on any atom is 0.226 e. The van der Waals surface area contributed by atoms with Gasteiger partial charge in [-0.2, -0.15) is 4.98 Å². The number of nitrogens with one attached hydrogen (secondary N) is 1. The largest absolute Gasteiger partial charge is 0.349 e. The number of aryl methyl sites for hydroxylation is 1. The molecule has 1 N–H and O–H groups in total. The van der Waals surface area contributed by atoms with Gasteiger partial charge in [-0.25, -0.2) is 0 Å². The Morgan fingerprint density at radius 1 is 1.41 bits per heavy atom. The Kier molecular flexibility index (Phi) is 5.97. The molecule has 0 fully saturated rings. The van der Waals surface area contributed by atoms with Crippen LogP contribution in [0.3, 0.4) is 0 Å². The molecule has 0 aliphatic rings. The fourth-order valence-electron chi connectivity index (χ4n) is 1.95. The highest BCUT2D eigenvalue weighted by Gasteiger charge is 2.13. The normalized spacial score (nSPS) is 12.6. The molecule has 0 radical (unpaired) electrons. The minimum absolute atomic E-state index is 0.0145. The van der Waals surface area contributed by atoms with E-state index in [1.165, 1.54) is 11.3 Å². The summed E-state index contributed by atoms with van der Waals surface area (Å²) in [5.41, 5.74) is 0. The average Bonchev–Trinajstić information content (AvgIpc) is 3.07. The number of amides is 1. The van der Waals surface area contributed by atoms with Crippen molar-refractivity contribution in [1.82, 2.24) is 15.5 Å². The summed E-state index contributed by atoms with van der Waals surface area (Å²) >= 11 is 7.38. The van der Waals surface area contributed by atoms with Crippen LogP contribution in [0.15, 0.2) is 16.7 Å². The van der Waals surface area contributed by atoms with Gasteiger partial charge in [0.2, 0.25) is 11.8 Å². The zero-order chi connectivity index (χ0) is 16.1. The van der Waals surface area contributed by atoms with Gasteiger partial charge in [0.25, 0.3) is 0 Å². The molecule has 2 aromatic heterocycles. The van der Waals surface area contributed by atoms with Crippen LogP contribution in [0.2, 0.25) is 4.34 Å². The fourth-order valence-corrected chi connectivity index (χ4v) is 3.01. The maximum atomic E-state index is 11.9. The van der Waals surface area contributed by atoms with Crippen LogP contribution in [0.4, 0.5) is 0 Å². The van der Waals surface area contributed by atoms with E-state index in [-0.39, 0.29) is 17.9 Å². The Morgan fingerprint density at radius 3 is 2.77 bits per heavy atom. The van der Waals surface area contributed by atoms with Crippen LogP contribution < -0.4 is 5.32 Å². The highest BCUT2D eigenvalue weighted by Crippen LogP contribution is 2.26. The fraction of sp³-hybridized carbons (Fsp3) is 0.533. The number of hydrogen-bond acceptors (Lipinski definition) is 5. The molecule has 2 heterocycles. The molecule has 0 unspecified atom stereocenters. The molecular weight excluding hydrogens is 322 g/mol. The molecule has 120 valence electrons. The summed E-state index contributed by atoms with van der Waals surface area (Å²) in [6.45, 7) is 5.98. The SMILES string of the molecule is CC(C)c1noc(CCCC(=O)N[C@H](C)c2ccc(Cl)s2)n1. The van der Waals surface area contributed by atoms with Gasteiger partial charge in [-0.1, -0.05) is 30.6 Å². The number of hydrogen-bond donors (Lipinski definition) is 1. The number of halogens is 1. The van der Waals surface area contributed by atoms with Crippen molar-refractivity contribution in [3.8, 4) is 0 Å². The van der Waals surface area contributed by atoms with Crippen molar-refractivity contribution >= 4 is 28.8 Å². The zero-order valence-electron chi connectivity index (χ0n) is 12.9. The van der Waals surface area contributed by atoms with E-state index in [9.17, 15) is 4.79 Å². The third-order valence-corrected chi connectivity index (χ3v) is 4.61. The van der Waals surface area contributed by atoms with E-state index in [1.807, 2.05) is 32.9 Å². The van der Waals surface area contributed by atoms with E-state index in [0.717, 1.165) is 9.21 Å². The molecule has 0 aliphatic heterocycles. The van der Waals surface area contributed by atoms with Crippen LogP contribution in [0, 0.1) is 0 Å². The van der Waals surface area contributed by atoms with Crippen LogP contribution in [0.1, 0.15) is 62.2 Å². The molecule has 0 spiro atoms. The van der Waals surface area contributed by atoms with E-state index in [4.69, 9.17) is 16.1 Å². The third kappa shape index (κ3) is 4.81. The number of rotatable bonds is 7. The molecular formula is C15H20ClN3O2S. The lowest BCUT2D eigenvalue weighted by Crippen LogP contribution is -2.25. The van der Waals surface area contributed by atoms with Crippen molar-refractivity contribution in [2.24, 2.45) is 0 Å². The van der Waals surface area contributed by atoms with Gasteiger partial charge in [0.05, 0.1) is 10.4 Å². The maximum absolute atomic E-state index is 11.9. The van der Waals surface area contributed by atoms with Crippen LogP contribution in [-0.2, 0) is 11.2 Å². The van der Waals surface area contributed by atoms with E-state index < -0.39 is 0 Å². The van der Waals surface area contributed by atoms with E-state index in [2.05, 4.69) is 15.5 Å². The van der Waals surface area contributed by atoms with Crippen molar-refractivity contribution in [1.29, 1.82) is 0 Å². The Labute approximate surface area is 139 Å². The molecule has 2 aromatic rings. The summed E-state index contributed by atoms with van der Waals surface area (Å²) in [5, 5.41) is 6.87. The van der Waals surface area contributed by atoms with Crippen LogP contribution in [-0.4, -0.2) is 16.0 Å². The van der Waals surface area contributed by atoms with Crippen LogP contribution >= 0.6 is 22.9 Å². The first-order valence-corrected chi connectivity index (χ1v) is 8.52. The van der Waals surface area contributed by atoms with Crippen LogP contribution in [0.5, 0.6) is 0 Å². The monoisotopic (exact) mass is 341 g/mol. The van der Waals surface area contributed by atoms with Crippen molar-refractivity contribution in [2.45, 2.75) is 52.0 Å². The summed E-state index contributed by atoms with van der Waals surface area (Å²) in [6.07, 6.45) is 1.73. The number of carbonyl (C=O) groups excluding carboxylic acids is 1. The quantitative estimate of drug-likeness (QED) is 0.822. The highest BCUT2D eigenvalue weighted by atomic mass is 35.5. The smallest absolute Gasteiger partial charge is 0.226 e. The predicted molar refractivity (Wildman–Crippen MR) is 87.2 cm³/mol. The minimum atomic E-state index is -0.0269. The standard InChI is InChI=1S/C15H20ClN3O2S/c1-9(2)15-18-14(21-19-15)6-4-5-13(20)17-10(3)11-7-8-12(16)22-11/h7-10H,4-6H2,1-3H3,(H,17,20)/t10-/m1/s1. The molecule has 1 atom stereocenters. The first-order valence-electron chi connectivity index (χ1n) is 7.32. The summed E-state index contributed by atoms with van der Waals surface area (Å²) < 4.78 is 5.89. The Balaban J connectivity index is 1.73. The minimum Gasteiger partial charge on any atom is -0.349 e. The third-order valence-electron chi connectivity index (χ3n) is 3.19. The van der Waals surface area contributed by atoms with Crippen molar-refractivity contribution in [2.75, 3.05) is 0 Å². The second-order valence-electron chi connectivity index (χ2n) is 5.49. The van der Waals surface area contributed by atoms with E-state index in [0.29, 0.717) is 31.0 Å². The van der Waals surface area contributed by atoms with Gasteiger partial charge < -0.3 is 9.84 Å². The summed E-state index contributed by atoms with van der Waals surface area (Å²) in [4.78, 5) is 17.3. The molecule has 0 aliphatic carbocycles. The summed E-state index contributed by atoms with van der Waals surface area (Å²) in [6, 6.07) is 3.75. The topological polar surface area (TPSA) is 68.0 Å². The van der Waals surface area contributed by atoms with Crippen molar-refractivity contribution < 1.29 is 9.32 Å². The molecule has 0 bridgehead atoms. The lowest BCUT2D eigenvalue weighted by Gasteiger charge is -2.11. The van der Waals surface area contributed by atoms with Gasteiger partial charge in [-0.05, 0) is 25.5 Å². The van der Waals surface area contributed by atoms with E-state index in [1.54, 1.807) is 0 Å². The summed E-state index contributed by atoms with van der Waals surface area (Å²) in [7, 11) is 0. The molecule has 0 saturated carbocycles. The molecule has 5 nitrogen and oxygen atoms in total. The van der Waals surface area contributed by atoms with Gasteiger partial charge in [-0.3, -0.25) is 4.79 Å². The number of aromatic nitrogens is 2. The Hall–Kier alpha value is -1.40. The number of carbonyl (C=O) groups is 1. The summed E-state index contributed by atoms with van der Waals surface area (Å²) in [5.74, 6) is 1.57. The molecule has 7 heteroatoms. The first-order chi connectivity index (χ1) is 10.5. The Morgan fingerprint density at radius 2 is 2.18 bits per heavy atom. The van der Waals surface area contributed by atoms with Crippen molar-refractivity contribution in [3.05, 3.63) is 33.1 Å². The lowest BCUT2D eigenvalue weighted by molar-refractivity contribution is -0.121.